The maximum absolute atomic E-state index is 2.73. The second-order valence-corrected chi connectivity index (χ2v) is 26.3. The average molecular weight is 305 g/mol. The summed E-state index contributed by atoms with van der Waals surface area (Å²) in [7, 11) is -2.38. The Bertz CT molecular complexity index is 194. The molecule has 0 N–H and O–H groups in total. The highest BCUT2D eigenvalue weighted by atomic mass is 28.4. The van der Waals surface area contributed by atoms with Crippen LogP contribution in [0.25, 0.3) is 0 Å². The van der Waals surface area contributed by atoms with Gasteiger partial charge in [-0.15, -0.1) is 0 Å². The van der Waals surface area contributed by atoms with Crippen molar-refractivity contribution in [2.45, 2.75) is 82.2 Å². The van der Waals surface area contributed by atoms with Crippen LogP contribution < -0.4 is 0 Å². The Labute approximate surface area is 116 Å². The van der Waals surface area contributed by atoms with Gasteiger partial charge in [0.05, 0.1) is 0 Å². The maximum Gasteiger partial charge on any atom is 0.0472 e. The molecule has 0 aliphatic carbocycles. The third-order valence-corrected chi connectivity index (χ3v) is 18.3. The topological polar surface area (TPSA) is 0 Å². The van der Waals surface area contributed by atoms with Crippen LogP contribution in [0.1, 0.15) is 0 Å². The van der Waals surface area contributed by atoms with Gasteiger partial charge in [0.1, 0.15) is 0 Å². The molecular formula is C13H36Si4. The Kier molecular flexibility index (Phi) is 7.84. The summed E-state index contributed by atoms with van der Waals surface area (Å²) in [5.74, 6) is 0. The zero-order valence-corrected chi connectivity index (χ0v) is 18.0. The van der Waals surface area contributed by atoms with Crippen molar-refractivity contribution in [3.63, 3.8) is 0 Å². The molecule has 0 saturated carbocycles. The quantitative estimate of drug-likeness (QED) is 0.559. The Morgan fingerprint density at radius 3 is 1.29 bits per heavy atom. The Morgan fingerprint density at radius 2 is 1.06 bits per heavy atom. The third-order valence-electron chi connectivity index (χ3n) is 3.61. The van der Waals surface area contributed by atoms with Crippen molar-refractivity contribution in [3.05, 3.63) is 0 Å². The highest BCUT2D eigenvalue weighted by Crippen LogP contribution is 2.31. The van der Waals surface area contributed by atoms with E-state index in [-0.39, 0.29) is 17.6 Å². The SMILES string of the molecule is C[SiH](C)CC[Si](C)(CC[SiH](C)C)C[Si](C)(C)C. The van der Waals surface area contributed by atoms with E-state index in [2.05, 4.69) is 52.4 Å². The molecule has 0 aromatic heterocycles. The van der Waals surface area contributed by atoms with E-state index >= 15 is 0 Å². The van der Waals surface area contributed by atoms with Crippen molar-refractivity contribution in [2.24, 2.45) is 0 Å². The standard InChI is InChI=1S/C13H36Si4/c1-14(2)9-11-17(8,12-10-15(3)4)13-16(5,6)7/h14-15H,9-13H2,1-8H3. The Morgan fingerprint density at radius 1 is 0.706 bits per heavy atom. The van der Waals surface area contributed by atoms with E-state index in [9.17, 15) is 0 Å². The van der Waals surface area contributed by atoms with Crippen molar-refractivity contribution >= 4 is 33.7 Å². The molecule has 0 aromatic carbocycles. The van der Waals surface area contributed by atoms with Crippen LogP contribution in [0.15, 0.2) is 0 Å². The molecule has 0 bridgehead atoms. The molecule has 0 nitrogen and oxygen atoms in total. The van der Waals surface area contributed by atoms with Crippen LogP contribution >= 0.6 is 0 Å². The van der Waals surface area contributed by atoms with E-state index < -0.39 is 16.1 Å². The molecule has 104 valence electrons. The highest BCUT2D eigenvalue weighted by molar-refractivity contribution is 6.96. The normalized spacial score (nSPS) is 13.8. The van der Waals surface area contributed by atoms with Gasteiger partial charge in [-0.3, -0.25) is 0 Å². The van der Waals surface area contributed by atoms with Crippen LogP contribution in [-0.4, -0.2) is 33.7 Å². The smallest absolute Gasteiger partial charge is 0.0472 e. The molecule has 0 rings (SSSR count). The number of rotatable bonds is 8. The molecule has 0 aliphatic rings. The molecule has 0 spiro atoms. The first kappa shape index (κ1) is 17.9. The lowest BCUT2D eigenvalue weighted by Crippen LogP contribution is -2.40. The molecule has 0 heterocycles. The van der Waals surface area contributed by atoms with Crippen LogP contribution in [0.2, 0.25) is 82.2 Å². The van der Waals surface area contributed by atoms with Crippen molar-refractivity contribution in [1.82, 2.24) is 0 Å². The van der Waals surface area contributed by atoms with E-state index in [1.807, 2.05) is 0 Å². The van der Waals surface area contributed by atoms with Gasteiger partial charge in [-0.05, 0) is 0 Å². The van der Waals surface area contributed by atoms with Gasteiger partial charge in [0, 0.05) is 33.7 Å². The minimum Gasteiger partial charge on any atom is -0.0722 e. The van der Waals surface area contributed by atoms with Crippen LogP contribution in [0.3, 0.4) is 0 Å². The average Bonchev–Trinajstić information content (AvgIpc) is 2.09. The van der Waals surface area contributed by atoms with Gasteiger partial charge in [-0.25, -0.2) is 0 Å². The fraction of sp³-hybridized carbons (Fsp3) is 1.00. The summed E-state index contributed by atoms with van der Waals surface area (Å²) in [5, 5.41) is 0. The largest absolute Gasteiger partial charge is 0.0722 e. The van der Waals surface area contributed by atoms with Crippen LogP contribution in [0, 0.1) is 0 Å². The lowest BCUT2D eigenvalue weighted by Gasteiger charge is -2.34. The minimum atomic E-state index is -0.879. The molecule has 0 atom stereocenters. The third kappa shape index (κ3) is 10.5. The molecule has 0 aromatic rings. The summed E-state index contributed by atoms with van der Waals surface area (Å²) in [6.45, 7) is 20.6. The first-order valence-electron chi connectivity index (χ1n) is 7.54. The fourth-order valence-electron chi connectivity index (χ4n) is 2.86. The van der Waals surface area contributed by atoms with Gasteiger partial charge in [0.2, 0.25) is 0 Å². The molecule has 0 fully saturated rings. The highest BCUT2D eigenvalue weighted by Gasteiger charge is 2.32. The molecule has 0 aliphatic heterocycles. The lowest BCUT2D eigenvalue weighted by atomic mass is 10.9. The van der Waals surface area contributed by atoms with Crippen LogP contribution in [-0.2, 0) is 0 Å². The van der Waals surface area contributed by atoms with Gasteiger partial charge >= 0.3 is 0 Å². The molecule has 0 radical (unpaired) electrons. The van der Waals surface area contributed by atoms with Crippen molar-refractivity contribution in [1.29, 1.82) is 0 Å². The number of hydrogen-bond donors (Lipinski definition) is 0. The summed E-state index contributed by atoms with van der Waals surface area (Å²) in [6, 6.07) is 6.55. The van der Waals surface area contributed by atoms with E-state index in [1.165, 1.54) is 0 Å². The fourth-order valence-corrected chi connectivity index (χ4v) is 25.0. The zero-order valence-electron chi connectivity index (χ0n) is 13.7. The van der Waals surface area contributed by atoms with Gasteiger partial charge in [-0.2, -0.15) is 0 Å². The predicted molar refractivity (Wildman–Crippen MR) is 96.8 cm³/mol. The number of hydrogen-bond acceptors (Lipinski definition) is 0. The van der Waals surface area contributed by atoms with Crippen molar-refractivity contribution < 1.29 is 0 Å². The molecular weight excluding hydrogens is 268 g/mol. The second kappa shape index (κ2) is 7.46. The molecule has 0 saturated heterocycles. The predicted octanol–water partition coefficient (Wildman–Crippen LogP) is 4.92. The summed E-state index contributed by atoms with van der Waals surface area (Å²) >= 11 is 0. The van der Waals surface area contributed by atoms with E-state index in [4.69, 9.17) is 0 Å². The monoisotopic (exact) mass is 304 g/mol. The lowest BCUT2D eigenvalue weighted by molar-refractivity contribution is 1.19. The molecule has 4 heteroatoms. The van der Waals surface area contributed by atoms with Crippen molar-refractivity contribution in [3.8, 4) is 0 Å². The summed E-state index contributed by atoms with van der Waals surface area (Å²) in [6.07, 6.45) is 0. The first-order valence-corrected chi connectivity index (χ1v) is 20.6. The van der Waals surface area contributed by atoms with Gasteiger partial charge in [-0.1, -0.05) is 82.2 Å². The zero-order chi connectivity index (χ0) is 13.7. The summed E-state index contributed by atoms with van der Waals surface area (Å²) < 4.78 is 0. The molecule has 17 heavy (non-hydrogen) atoms. The Hall–Kier alpha value is 0.868. The Balaban J connectivity index is 4.45. The second-order valence-electron chi connectivity index (χ2n) is 8.41. The summed E-state index contributed by atoms with van der Waals surface area (Å²) in [5.41, 5.74) is 1.68. The van der Waals surface area contributed by atoms with Crippen LogP contribution in [0.5, 0.6) is 0 Å². The maximum atomic E-state index is 2.73. The first-order chi connectivity index (χ1) is 7.54. The van der Waals surface area contributed by atoms with Gasteiger partial charge in [0.25, 0.3) is 0 Å². The summed E-state index contributed by atoms with van der Waals surface area (Å²) in [4.78, 5) is 0. The van der Waals surface area contributed by atoms with Gasteiger partial charge in [0.15, 0.2) is 0 Å². The molecule has 0 unspecified atom stereocenters. The van der Waals surface area contributed by atoms with E-state index in [0.29, 0.717) is 0 Å². The van der Waals surface area contributed by atoms with Gasteiger partial charge < -0.3 is 0 Å². The van der Waals surface area contributed by atoms with Crippen molar-refractivity contribution in [2.75, 3.05) is 0 Å². The van der Waals surface area contributed by atoms with E-state index in [0.717, 1.165) is 0 Å². The minimum absolute atomic E-state index is 0.326. The van der Waals surface area contributed by atoms with E-state index in [1.54, 1.807) is 29.8 Å². The van der Waals surface area contributed by atoms with Crippen LogP contribution in [0.4, 0.5) is 0 Å². The molecule has 0 amide bonds.